The zero-order valence-electron chi connectivity index (χ0n) is 18.0. The molecule has 0 radical (unpaired) electrons. The van der Waals surface area contributed by atoms with Gasteiger partial charge in [-0.25, -0.2) is 4.99 Å². The van der Waals surface area contributed by atoms with E-state index in [1.54, 1.807) is 42.0 Å². The third-order valence-corrected chi connectivity index (χ3v) is 6.67. The predicted octanol–water partition coefficient (Wildman–Crippen LogP) is 5.34. The van der Waals surface area contributed by atoms with Gasteiger partial charge in [-0.1, -0.05) is 6.08 Å². The number of furan rings is 1. The summed E-state index contributed by atoms with van der Waals surface area (Å²) in [7, 11) is 1.52. The van der Waals surface area contributed by atoms with Crippen molar-refractivity contribution in [2.24, 2.45) is 4.99 Å². The van der Waals surface area contributed by atoms with Gasteiger partial charge in [-0.15, -0.1) is 17.9 Å². The van der Waals surface area contributed by atoms with Crippen LogP contribution in [0.15, 0.2) is 52.6 Å². The Kier molecular flexibility index (Phi) is 6.75. The molecule has 3 aromatic rings. The molecule has 166 valence electrons. The zero-order valence-corrected chi connectivity index (χ0v) is 18.8. The number of aliphatic imine (C=N–C) groups is 1. The molecule has 6 nitrogen and oxygen atoms in total. The fraction of sp³-hybridized carbons (Fsp3) is 0.280. The average molecular weight is 451 g/mol. The van der Waals surface area contributed by atoms with Crippen LogP contribution < -0.4 is 10.1 Å². The smallest absolute Gasteiger partial charge is 0.255 e. The van der Waals surface area contributed by atoms with Crippen molar-refractivity contribution in [1.29, 1.82) is 0 Å². The van der Waals surface area contributed by atoms with Crippen molar-refractivity contribution in [1.82, 2.24) is 5.32 Å². The number of nitrogens with zero attached hydrogens (tertiary/aromatic N) is 1. The SMILES string of the molecule is C=CCc1cc(C=Nc2sc3c(c2C(=O)NCc2ccco2)CCCC3)cc(OC)c1O. The normalized spacial score (nSPS) is 13.2. The van der Waals surface area contributed by atoms with Gasteiger partial charge in [0.2, 0.25) is 0 Å². The number of carbonyl (C=O) groups excluding carboxylic acids is 1. The maximum atomic E-state index is 13.1. The number of hydrogen-bond donors (Lipinski definition) is 2. The van der Waals surface area contributed by atoms with Crippen molar-refractivity contribution in [3.05, 3.63) is 76.1 Å². The second-order valence-electron chi connectivity index (χ2n) is 7.63. The molecule has 2 aromatic heterocycles. The molecule has 7 heteroatoms. The van der Waals surface area contributed by atoms with Crippen LogP contribution in [0.3, 0.4) is 0 Å². The van der Waals surface area contributed by atoms with Crippen LogP contribution in [0.2, 0.25) is 0 Å². The zero-order chi connectivity index (χ0) is 22.5. The lowest BCUT2D eigenvalue weighted by atomic mass is 9.95. The highest BCUT2D eigenvalue weighted by Gasteiger charge is 2.25. The molecule has 0 spiro atoms. The van der Waals surface area contributed by atoms with Crippen molar-refractivity contribution in [3.8, 4) is 11.5 Å². The number of thiophene rings is 1. The van der Waals surface area contributed by atoms with Crippen molar-refractivity contribution >= 4 is 28.5 Å². The van der Waals surface area contributed by atoms with Crippen LogP contribution >= 0.6 is 11.3 Å². The summed E-state index contributed by atoms with van der Waals surface area (Å²) in [4.78, 5) is 19.0. The van der Waals surface area contributed by atoms with E-state index in [1.165, 1.54) is 12.0 Å². The molecule has 0 bridgehead atoms. The number of methoxy groups -OCH3 is 1. The van der Waals surface area contributed by atoms with E-state index in [1.807, 2.05) is 12.1 Å². The minimum absolute atomic E-state index is 0.106. The van der Waals surface area contributed by atoms with Crippen molar-refractivity contribution in [2.75, 3.05) is 7.11 Å². The van der Waals surface area contributed by atoms with Gasteiger partial charge in [0.15, 0.2) is 11.5 Å². The number of hydrogen-bond acceptors (Lipinski definition) is 6. The molecular weight excluding hydrogens is 424 g/mol. The van der Waals surface area contributed by atoms with E-state index in [4.69, 9.17) is 14.1 Å². The van der Waals surface area contributed by atoms with Gasteiger partial charge in [0, 0.05) is 16.7 Å². The van der Waals surface area contributed by atoms with Gasteiger partial charge in [0.25, 0.3) is 5.91 Å². The standard InChI is InChI=1S/C25H26N2O4S/c1-3-7-17-12-16(13-20(30-2)23(17)28)14-27-25-22(19-9-4-5-10-21(19)32-25)24(29)26-15-18-8-6-11-31-18/h3,6,8,11-14,28H,1,4-5,7,9-10,15H2,2H3,(H,26,29). The van der Waals surface area contributed by atoms with Gasteiger partial charge >= 0.3 is 0 Å². The van der Waals surface area contributed by atoms with E-state index < -0.39 is 0 Å². The number of aromatic hydroxyl groups is 1. The van der Waals surface area contributed by atoms with Crippen LogP contribution in [0, 0.1) is 0 Å². The Labute approximate surface area is 191 Å². The first-order valence-corrected chi connectivity index (χ1v) is 11.4. The molecule has 2 N–H and O–H groups in total. The van der Waals surface area contributed by atoms with E-state index >= 15 is 0 Å². The van der Waals surface area contributed by atoms with E-state index in [0.717, 1.165) is 36.8 Å². The first-order valence-electron chi connectivity index (χ1n) is 10.6. The maximum absolute atomic E-state index is 13.1. The van der Waals surface area contributed by atoms with E-state index in [-0.39, 0.29) is 11.7 Å². The van der Waals surface area contributed by atoms with Gasteiger partial charge < -0.3 is 19.6 Å². The lowest BCUT2D eigenvalue weighted by Gasteiger charge is -2.12. The molecule has 0 atom stereocenters. The average Bonchev–Trinajstić information content (AvgIpc) is 3.45. The minimum atomic E-state index is -0.136. The molecule has 1 amide bonds. The van der Waals surface area contributed by atoms with Crippen molar-refractivity contribution in [3.63, 3.8) is 0 Å². The highest BCUT2D eigenvalue weighted by atomic mass is 32.1. The summed E-state index contributed by atoms with van der Waals surface area (Å²) in [6.07, 6.45) is 9.62. The maximum Gasteiger partial charge on any atom is 0.255 e. The van der Waals surface area contributed by atoms with Crippen LogP contribution in [0.4, 0.5) is 5.00 Å². The molecule has 32 heavy (non-hydrogen) atoms. The first kappa shape index (κ1) is 21.9. The Bertz CT molecular complexity index is 1150. The summed E-state index contributed by atoms with van der Waals surface area (Å²) in [5.74, 6) is 1.06. The Morgan fingerprint density at radius 2 is 2.22 bits per heavy atom. The Morgan fingerprint density at radius 1 is 1.38 bits per heavy atom. The summed E-state index contributed by atoms with van der Waals surface area (Å²) in [5, 5.41) is 14.0. The number of nitrogens with one attached hydrogen (secondary N) is 1. The molecule has 0 fully saturated rings. The Morgan fingerprint density at radius 3 is 2.97 bits per heavy atom. The summed E-state index contributed by atoms with van der Waals surface area (Å²) in [5.41, 5.74) is 3.26. The minimum Gasteiger partial charge on any atom is -0.504 e. The number of phenols is 1. The molecule has 0 aliphatic heterocycles. The number of benzene rings is 1. The monoisotopic (exact) mass is 450 g/mol. The predicted molar refractivity (Wildman–Crippen MR) is 127 cm³/mol. The van der Waals surface area contributed by atoms with Crippen LogP contribution in [0.5, 0.6) is 11.5 Å². The number of rotatable bonds is 8. The summed E-state index contributed by atoms with van der Waals surface area (Å²) < 4.78 is 10.6. The fourth-order valence-corrected chi connectivity index (χ4v) is 5.14. The van der Waals surface area contributed by atoms with E-state index in [0.29, 0.717) is 40.6 Å². The number of phenolic OH excluding ortho intramolecular Hbond substituents is 1. The highest BCUT2D eigenvalue weighted by Crippen LogP contribution is 2.40. The number of fused-ring (bicyclic) bond motifs is 1. The van der Waals surface area contributed by atoms with Crippen molar-refractivity contribution < 1.29 is 19.1 Å². The number of aryl methyl sites for hydroxylation is 1. The van der Waals surface area contributed by atoms with Crippen LogP contribution in [0.1, 0.15) is 50.5 Å². The number of carbonyl (C=O) groups is 1. The third kappa shape index (κ3) is 4.62. The number of amides is 1. The summed E-state index contributed by atoms with van der Waals surface area (Å²) >= 11 is 1.58. The highest BCUT2D eigenvalue weighted by molar-refractivity contribution is 7.16. The molecule has 2 heterocycles. The fourth-order valence-electron chi connectivity index (χ4n) is 3.91. The van der Waals surface area contributed by atoms with Gasteiger partial charge in [-0.2, -0.15) is 0 Å². The summed E-state index contributed by atoms with van der Waals surface area (Å²) in [6.45, 7) is 4.08. The van der Waals surface area contributed by atoms with E-state index in [9.17, 15) is 9.90 Å². The number of ether oxygens (including phenoxy) is 1. The number of allylic oxidation sites excluding steroid dienone is 1. The third-order valence-electron chi connectivity index (χ3n) is 5.47. The van der Waals surface area contributed by atoms with Gasteiger partial charge in [0.05, 0.1) is 25.5 Å². The van der Waals surface area contributed by atoms with Gasteiger partial charge in [-0.05, 0) is 67.5 Å². The quantitative estimate of drug-likeness (QED) is 0.358. The molecule has 1 aromatic carbocycles. The molecule has 1 aliphatic rings. The second-order valence-corrected chi connectivity index (χ2v) is 8.72. The Hall–Kier alpha value is -3.32. The van der Waals surface area contributed by atoms with Crippen molar-refractivity contribution in [2.45, 2.75) is 38.6 Å². The van der Waals surface area contributed by atoms with Gasteiger partial charge in [-0.3, -0.25) is 4.79 Å². The van der Waals surface area contributed by atoms with Crippen LogP contribution in [0.25, 0.3) is 0 Å². The molecule has 0 saturated heterocycles. The molecule has 4 rings (SSSR count). The Balaban J connectivity index is 1.65. The largest absolute Gasteiger partial charge is 0.504 e. The van der Waals surface area contributed by atoms with E-state index in [2.05, 4.69) is 11.9 Å². The van der Waals surface area contributed by atoms with Gasteiger partial charge in [0.1, 0.15) is 10.8 Å². The molecule has 0 saturated carbocycles. The molecule has 0 unspecified atom stereocenters. The van der Waals surface area contributed by atoms with Crippen LogP contribution in [-0.2, 0) is 25.8 Å². The summed E-state index contributed by atoms with van der Waals surface area (Å²) in [6, 6.07) is 7.22. The topological polar surface area (TPSA) is 84.1 Å². The molecular formula is C25H26N2O4S. The lowest BCUT2D eigenvalue weighted by Crippen LogP contribution is -2.23. The second kappa shape index (κ2) is 9.87. The first-order chi connectivity index (χ1) is 15.6. The lowest BCUT2D eigenvalue weighted by molar-refractivity contribution is 0.0948. The molecule has 1 aliphatic carbocycles. The van der Waals surface area contributed by atoms with Crippen LogP contribution in [-0.4, -0.2) is 24.3 Å².